The average molecular weight is 292 g/mol. The number of halogens is 2. The van der Waals surface area contributed by atoms with Crippen LogP contribution >= 0.6 is 27.5 Å². The van der Waals surface area contributed by atoms with Gasteiger partial charge >= 0.3 is 0 Å². The Bertz CT molecular complexity index is 328. The molecule has 0 fully saturated rings. The number of aryl methyl sites for hydroxylation is 1. The van der Waals surface area contributed by atoms with E-state index in [2.05, 4.69) is 40.1 Å². The molecule has 1 aromatic rings. The van der Waals surface area contributed by atoms with Crippen LogP contribution < -0.4 is 5.32 Å². The first-order valence-corrected chi connectivity index (χ1v) is 6.33. The largest absolute Gasteiger partial charge is 0.366 e. The van der Waals surface area contributed by atoms with Gasteiger partial charge in [0.05, 0.1) is 5.69 Å². The molecule has 0 radical (unpaired) electrons. The van der Waals surface area contributed by atoms with Gasteiger partial charge in [-0.25, -0.2) is 4.98 Å². The van der Waals surface area contributed by atoms with Crippen LogP contribution in [-0.4, -0.2) is 16.9 Å². The summed E-state index contributed by atoms with van der Waals surface area (Å²) in [6.07, 6.45) is 0. The predicted octanol–water partition coefficient (Wildman–Crippen LogP) is 3.83. The molecule has 0 saturated heterocycles. The van der Waals surface area contributed by atoms with Crippen molar-refractivity contribution in [3.63, 3.8) is 0 Å². The van der Waals surface area contributed by atoms with E-state index in [1.54, 1.807) is 0 Å². The molecular weight excluding hydrogens is 275 g/mol. The van der Waals surface area contributed by atoms with Crippen molar-refractivity contribution in [1.82, 2.24) is 4.98 Å². The van der Waals surface area contributed by atoms with Gasteiger partial charge < -0.3 is 5.32 Å². The molecule has 4 heteroatoms. The van der Waals surface area contributed by atoms with E-state index in [1.807, 2.05) is 19.1 Å². The van der Waals surface area contributed by atoms with Crippen molar-refractivity contribution in [2.45, 2.75) is 26.8 Å². The summed E-state index contributed by atoms with van der Waals surface area (Å²) in [5.41, 5.74) is 0.983. The topological polar surface area (TPSA) is 24.9 Å². The van der Waals surface area contributed by atoms with Crippen molar-refractivity contribution < 1.29 is 0 Å². The first-order chi connectivity index (χ1) is 7.04. The van der Waals surface area contributed by atoms with Crippen LogP contribution in [0.15, 0.2) is 16.6 Å². The number of hydrogen-bond donors (Lipinski definition) is 1. The number of pyridine rings is 1. The predicted molar refractivity (Wildman–Crippen MR) is 69.6 cm³/mol. The third kappa shape index (κ3) is 3.65. The Morgan fingerprint density at radius 3 is 2.60 bits per heavy atom. The lowest BCUT2D eigenvalue weighted by atomic mass is 10.1. The number of anilines is 1. The van der Waals surface area contributed by atoms with Gasteiger partial charge in [0.2, 0.25) is 0 Å². The summed E-state index contributed by atoms with van der Waals surface area (Å²) in [5, 5.41) is 3.33. The van der Waals surface area contributed by atoms with Crippen molar-refractivity contribution in [2.75, 3.05) is 11.2 Å². The minimum atomic E-state index is 0.264. The fourth-order valence-corrected chi connectivity index (χ4v) is 1.85. The summed E-state index contributed by atoms with van der Waals surface area (Å²) < 4.78 is 1.03. The van der Waals surface area contributed by atoms with Gasteiger partial charge in [-0.1, -0.05) is 13.8 Å². The second kappa shape index (κ2) is 5.71. The summed E-state index contributed by atoms with van der Waals surface area (Å²) in [4.78, 5) is 4.43. The molecule has 0 spiro atoms. The zero-order valence-corrected chi connectivity index (χ0v) is 11.6. The van der Waals surface area contributed by atoms with E-state index in [0.29, 0.717) is 11.8 Å². The third-order valence-electron chi connectivity index (χ3n) is 2.33. The van der Waals surface area contributed by atoms with Crippen LogP contribution in [0.25, 0.3) is 0 Å². The second-order valence-electron chi connectivity index (χ2n) is 3.91. The minimum absolute atomic E-state index is 0.264. The van der Waals surface area contributed by atoms with Gasteiger partial charge in [-0.15, -0.1) is 11.6 Å². The molecule has 15 heavy (non-hydrogen) atoms. The highest BCUT2D eigenvalue weighted by Crippen LogP contribution is 2.18. The Hall–Kier alpha value is -0.280. The van der Waals surface area contributed by atoms with Gasteiger partial charge in [0.15, 0.2) is 0 Å². The number of alkyl halides is 1. The Kier molecular flexibility index (Phi) is 4.87. The molecule has 2 nitrogen and oxygen atoms in total. The van der Waals surface area contributed by atoms with Crippen molar-refractivity contribution in [3.05, 3.63) is 22.3 Å². The Morgan fingerprint density at radius 2 is 2.13 bits per heavy atom. The highest BCUT2D eigenvalue weighted by molar-refractivity contribution is 9.10. The highest BCUT2D eigenvalue weighted by Gasteiger charge is 2.12. The normalized spacial score (nSPS) is 12.9. The second-order valence-corrected chi connectivity index (χ2v) is 5.08. The van der Waals surface area contributed by atoms with E-state index in [9.17, 15) is 0 Å². The number of hydrogen-bond acceptors (Lipinski definition) is 2. The molecule has 0 saturated carbocycles. The van der Waals surface area contributed by atoms with E-state index in [0.717, 1.165) is 16.0 Å². The Morgan fingerprint density at radius 1 is 1.47 bits per heavy atom. The maximum Gasteiger partial charge on any atom is 0.126 e. The quantitative estimate of drug-likeness (QED) is 0.853. The van der Waals surface area contributed by atoms with E-state index < -0.39 is 0 Å². The van der Waals surface area contributed by atoms with Gasteiger partial charge in [0.25, 0.3) is 0 Å². The minimum Gasteiger partial charge on any atom is -0.366 e. The molecule has 0 aromatic carbocycles. The maximum absolute atomic E-state index is 5.88. The van der Waals surface area contributed by atoms with Gasteiger partial charge in [0.1, 0.15) is 5.82 Å². The molecule has 1 rings (SSSR count). The van der Waals surface area contributed by atoms with Crippen LogP contribution in [0, 0.1) is 12.8 Å². The number of nitrogens with zero attached hydrogens (tertiary/aromatic N) is 1. The average Bonchev–Trinajstić information content (AvgIpc) is 2.19. The molecule has 0 aliphatic carbocycles. The molecule has 1 heterocycles. The van der Waals surface area contributed by atoms with Crippen LogP contribution in [-0.2, 0) is 0 Å². The summed E-state index contributed by atoms with van der Waals surface area (Å²) in [7, 11) is 0. The standard InChI is InChI=1S/C11H16BrClN2/c1-7(2)10(6-13)15-11-5-4-9(12)8(3)14-11/h4-5,7,10H,6H2,1-3H3,(H,14,15). The Balaban J connectivity index is 2.75. The lowest BCUT2D eigenvalue weighted by Crippen LogP contribution is -2.27. The number of nitrogens with one attached hydrogen (secondary N) is 1. The lowest BCUT2D eigenvalue weighted by molar-refractivity contribution is 0.562. The van der Waals surface area contributed by atoms with Gasteiger partial charge in [0, 0.05) is 16.4 Å². The highest BCUT2D eigenvalue weighted by atomic mass is 79.9. The summed E-state index contributed by atoms with van der Waals surface area (Å²) in [6, 6.07) is 4.22. The zero-order valence-electron chi connectivity index (χ0n) is 9.22. The molecule has 0 amide bonds. The first kappa shape index (κ1) is 12.8. The molecular formula is C11H16BrClN2. The van der Waals surface area contributed by atoms with E-state index in [1.165, 1.54) is 0 Å². The maximum atomic E-state index is 5.88. The van der Waals surface area contributed by atoms with Crippen LogP contribution in [0.5, 0.6) is 0 Å². The van der Waals surface area contributed by atoms with Crippen molar-refractivity contribution in [2.24, 2.45) is 5.92 Å². The van der Waals surface area contributed by atoms with Crippen molar-refractivity contribution in [1.29, 1.82) is 0 Å². The summed E-state index contributed by atoms with van der Waals surface area (Å²) >= 11 is 9.31. The molecule has 1 unspecified atom stereocenters. The molecule has 0 aliphatic rings. The van der Waals surface area contributed by atoms with E-state index >= 15 is 0 Å². The van der Waals surface area contributed by atoms with E-state index in [-0.39, 0.29) is 6.04 Å². The molecule has 0 bridgehead atoms. The molecule has 1 N–H and O–H groups in total. The van der Waals surface area contributed by atoms with Crippen LogP contribution in [0.4, 0.5) is 5.82 Å². The van der Waals surface area contributed by atoms with Crippen LogP contribution in [0.3, 0.4) is 0 Å². The van der Waals surface area contributed by atoms with Crippen LogP contribution in [0.2, 0.25) is 0 Å². The number of aromatic nitrogens is 1. The first-order valence-electron chi connectivity index (χ1n) is 5.00. The van der Waals surface area contributed by atoms with E-state index in [4.69, 9.17) is 11.6 Å². The Labute approximate surface area is 105 Å². The fraction of sp³-hybridized carbons (Fsp3) is 0.545. The van der Waals surface area contributed by atoms with Gasteiger partial charge in [-0.3, -0.25) is 0 Å². The van der Waals surface area contributed by atoms with Crippen molar-refractivity contribution >= 4 is 33.3 Å². The molecule has 0 aliphatic heterocycles. The molecule has 84 valence electrons. The molecule has 1 aromatic heterocycles. The smallest absolute Gasteiger partial charge is 0.126 e. The molecule has 1 atom stereocenters. The summed E-state index contributed by atoms with van der Waals surface area (Å²) in [6.45, 7) is 6.26. The van der Waals surface area contributed by atoms with Gasteiger partial charge in [-0.05, 0) is 40.9 Å². The zero-order chi connectivity index (χ0) is 11.4. The monoisotopic (exact) mass is 290 g/mol. The fourth-order valence-electron chi connectivity index (χ4n) is 1.20. The SMILES string of the molecule is Cc1nc(NC(CCl)C(C)C)ccc1Br. The van der Waals surface area contributed by atoms with Gasteiger partial charge in [-0.2, -0.15) is 0 Å². The lowest BCUT2D eigenvalue weighted by Gasteiger charge is -2.20. The van der Waals surface area contributed by atoms with Crippen LogP contribution in [0.1, 0.15) is 19.5 Å². The number of rotatable bonds is 4. The summed E-state index contributed by atoms with van der Waals surface area (Å²) in [5.74, 6) is 1.97. The van der Waals surface area contributed by atoms with Crippen molar-refractivity contribution in [3.8, 4) is 0 Å². The third-order valence-corrected chi connectivity index (χ3v) is 3.50.